The molecule has 1 heterocycles. The first-order valence-electron chi connectivity index (χ1n) is 5.42. The van der Waals surface area contributed by atoms with Gasteiger partial charge in [-0.15, -0.1) is 13.2 Å². The minimum Gasteiger partial charge on any atom is -0.406 e. The number of hydrogen-bond acceptors (Lipinski definition) is 3. The molecule has 0 atom stereocenters. The van der Waals surface area contributed by atoms with E-state index in [0.717, 1.165) is 11.6 Å². The van der Waals surface area contributed by atoms with E-state index < -0.39 is 6.36 Å². The van der Waals surface area contributed by atoms with Crippen molar-refractivity contribution in [3.8, 4) is 16.9 Å². The van der Waals surface area contributed by atoms with Gasteiger partial charge < -0.3 is 10.5 Å². The van der Waals surface area contributed by atoms with Crippen molar-refractivity contribution in [2.24, 2.45) is 0 Å². The van der Waals surface area contributed by atoms with Gasteiger partial charge in [-0.2, -0.15) is 0 Å². The van der Waals surface area contributed by atoms with Gasteiger partial charge in [-0.05, 0) is 36.2 Å². The standard InChI is InChI=1S/C13H11F3N2O/c1-8-2-10(7-18-6-8)9-3-11(17)5-12(4-9)19-13(14,15)16/h2-7H,17H2,1H3. The summed E-state index contributed by atoms with van der Waals surface area (Å²) in [5, 5.41) is 0. The number of aryl methyl sites for hydroxylation is 1. The maximum atomic E-state index is 12.2. The van der Waals surface area contributed by atoms with Gasteiger partial charge in [0.15, 0.2) is 0 Å². The van der Waals surface area contributed by atoms with Crippen LogP contribution in [0.4, 0.5) is 18.9 Å². The monoisotopic (exact) mass is 268 g/mol. The van der Waals surface area contributed by atoms with Crippen molar-refractivity contribution < 1.29 is 17.9 Å². The molecule has 0 unspecified atom stereocenters. The number of anilines is 1. The van der Waals surface area contributed by atoms with Gasteiger partial charge in [0.2, 0.25) is 0 Å². The number of benzene rings is 1. The Morgan fingerprint density at radius 1 is 1.05 bits per heavy atom. The van der Waals surface area contributed by atoms with E-state index in [1.54, 1.807) is 24.5 Å². The lowest BCUT2D eigenvalue weighted by atomic mass is 10.1. The van der Waals surface area contributed by atoms with Crippen LogP contribution in [0.5, 0.6) is 5.75 Å². The summed E-state index contributed by atoms with van der Waals surface area (Å²) in [6.07, 6.45) is -1.53. The molecule has 0 aliphatic heterocycles. The Kier molecular flexibility index (Phi) is 3.33. The van der Waals surface area contributed by atoms with Crippen molar-refractivity contribution in [2.75, 3.05) is 5.73 Å². The Morgan fingerprint density at radius 3 is 2.42 bits per heavy atom. The SMILES string of the molecule is Cc1cncc(-c2cc(N)cc(OC(F)(F)F)c2)c1. The molecule has 0 radical (unpaired) electrons. The Morgan fingerprint density at radius 2 is 1.79 bits per heavy atom. The second-order valence-corrected chi connectivity index (χ2v) is 4.09. The molecule has 6 heteroatoms. The zero-order valence-electron chi connectivity index (χ0n) is 10.0. The number of nitrogen functional groups attached to an aromatic ring is 1. The molecule has 0 amide bonds. The maximum Gasteiger partial charge on any atom is 0.573 e. The lowest BCUT2D eigenvalue weighted by Gasteiger charge is -2.11. The van der Waals surface area contributed by atoms with E-state index in [1.165, 1.54) is 6.07 Å². The molecule has 0 saturated carbocycles. The molecular formula is C13H11F3N2O. The summed E-state index contributed by atoms with van der Waals surface area (Å²) >= 11 is 0. The van der Waals surface area contributed by atoms with Crippen molar-refractivity contribution in [1.29, 1.82) is 0 Å². The van der Waals surface area contributed by atoms with E-state index in [-0.39, 0.29) is 11.4 Å². The van der Waals surface area contributed by atoms with Gasteiger partial charge >= 0.3 is 6.36 Å². The molecule has 2 N–H and O–H groups in total. The second kappa shape index (κ2) is 4.79. The van der Waals surface area contributed by atoms with Crippen LogP contribution >= 0.6 is 0 Å². The van der Waals surface area contributed by atoms with E-state index >= 15 is 0 Å². The van der Waals surface area contributed by atoms with E-state index in [2.05, 4.69) is 9.72 Å². The molecule has 19 heavy (non-hydrogen) atoms. The fourth-order valence-corrected chi connectivity index (χ4v) is 1.69. The van der Waals surface area contributed by atoms with E-state index in [9.17, 15) is 13.2 Å². The summed E-state index contributed by atoms with van der Waals surface area (Å²) in [7, 11) is 0. The predicted octanol–water partition coefficient (Wildman–Crippen LogP) is 3.54. The first-order chi connectivity index (χ1) is 8.83. The molecular weight excluding hydrogens is 257 g/mol. The Labute approximate surface area is 107 Å². The molecule has 0 fully saturated rings. The van der Waals surface area contributed by atoms with Crippen LogP contribution in [-0.4, -0.2) is 11.3 Å². The van der Waals surface area contributed by atoms with Gasteiger partial charge in [-0.3, -0.25) is 4.98 Å². The zero-order valence-corrected chi connectivity index (χ0v) is 10.0. The van der Waals surface area contributed by atoms with Gasteiger partial charge in [0.25, 0.3) is 0 Å². The summed E-state index contributed by atoms with van der Waals surface area (Å²) in [5.74, 6) is -0.344. The van der Waals surface area contributed by atoms with Crippen LogP contribution in [0.25, 0.3) is 11.1 Å². The largest absolute Gasteiger partial charge is 0.573 e. The number of pyridine rings is 1. The smallest absolute Gasteiger partial charge is 0.406 e. The second-order valence-electron chi connectivity index (χ2n) is 4.09. The lowest BCUT2D eigenvalue weighted by molar-refractivity contribution is -0.274. The fourth-order valence-electron chi connectivity index (χ4n) is 1.69. The highest BCUT2D eigenvalue weighted by atomic mass is 19.4. The average Bonchev–Trinajstić information content (AvgIpc) is 2.25. The zero-order chi connectivity index (χ0) is 14.0. The third-order valence-electron chi connectivity index (χ3n) is 2.37. The first-order valence-corrected chi connectivity index (χ1v) is 5.42. The number of halogens is 3. The first kappa shape index (κ1) is 13.2. The number of nitrogens with zero attached hydrogens (tertiary/aromatic N) is 1. The molecule has 1 aromatic carbocycles. The fraction of sp³-hybridized carbons (Fsp3) is 0.154. The number of nitrogens with two attached hydrogens (primary N) is 1. The highest BCUT2D eigenvalue weighted by molar-refractivity contribution is 5.69. The molecule has 0 aliphatic carbocycles. The van der Waals surface area contributed by atoms with Crippen molar-refractivity contribution in [2.45, 2.75) is 13.3 Å². The molecule has 2 rings (SSSR count). The van der Waals surface area contributed by atoms with Gasteiger partial charge in [0.1, 0.15) is 5.75 Å². The minimum atomic E-state index is -4.74. The van der Waals surface area contributed by atoms with Crippen LogP contribution < -0.4 is 10.5 Å². The highest BCUT2D eigenvalue weighted by Gasteiger charge is 2.31. The number of alkyl halides is 3. The van der Waals surface area contributed by atoms with Gasteiger partial charge in [-0.25, -0.2) is 0 Å². The molecule has 0 spiro atoms. The van der Waals surface area contributed by atoms with Crippen LogP contribution in [-0.2, 0) is 0 Å². The summed E-state index contributed by atoms with van der Waals surface area (Å²) in [4.78, 5) is 3.99. The number of hydrogen-bond donors (Lipinski definition) is 1. The third-order valence-corrected chi connectivity index (χ3v) is 2.37. The van der Waals surface area contributed by atoms with Crippen LogP contribution in [0.3, 0.4) is 0 Å². The van der Waals surface area contributed by atoms with E-state index in [0.29, 0.717) is 11.1 Å². The van der Waals surface area contributed by atoms with Crippen molar-refractivity contribution in [1.82, 2.24) is 4.98 Å². The summed E-state index contributed by atoms with van der Waals surface area (Å²) < 4.78 is 40.5. The molecule has 100 valence electrons. The molecule has 2 aromatic rings. The highest BCUT2D eigenvalue weighted by Crippen LogP contribution is 2.30. The number of ether oxygens (including phenoxy) is 1. The third kappa shape index (κ3) is 3.61. The topological polar surface area (TPSA) is 48.1 Å². The number of rotatable bonds is 2. The predicted molar refractivity (Wildman–Crippen MR) is 65.5 cm³/mol. The molecule has 1 aromatic heterocycles. The molecule has 0 saturated heterocycles. The summed E-state index contributed by atoms with van der Waals surface area (Å²) in [6.45, 7) is 1.84. The molecule has 0 aliphatic rings. The van der Waals surface area contributed by atoms with Crippen LogP contribution in [0, 0.1) is 6.92 Å². The lowest BCUT2D eigenvalue weighted by Crippen LogP contribution is -2.17. The minimum absolute atomic E-state index is 0.193. The Balaban J connectivity index is 2.42. The van der Waals surface area contributed by atoms with Crippen LogP contribution in [0.2, 0.25) is 0 Å². The Bertz CT molecular complexity index is 597. The van der Waals surface area contributed by atoms with Gasteiger partial charge in [0, 0.05) is 29.7 Å². The van der Waals surface area contributed by atoms with Gasteiger partial charge in [-0.1, -0.05) is 0 Å². The van der Waals surface area contributed by atoms with E-state index in [4.69, 9.17) is 5.73 Å². The number of aromatic nitrogens is 1. The quantitative estimate of drug-likeness (QED) is 0.847. The molecule has 3 nitrogen and oxygen atoms in total. The van der Waals surface area contributed by atoms with Gasteiger partial charge in [0.05, 0.1) is 0 Å². The van der Waals surface area contributed by atoms with Crippen LogP contribution in [0.1, 0.15) is 5.56 Å². The van der Waals surface area contributed by atoms with Crippen molar-refractivity contribution in [3.05, 3.63) is 42.2 Å². The summed E-state index contributed by atoms with van der Waals surface area (Å²) in [5.41, 5.74) is 7.88. The Hall–Kier alpha value is -2.24. The normalized spacial score (nSPS) is 11.4. The molecule has 0 bridgehead atoms. The average molecular weight is 268 g/mol. The van der Waals surface area contributed by atoms with Crippen molar-refractivity contribution in [3.63, 3.8) is 0 Å². The van der Waals surface area contributed by atoms with Crippen molar-refractivity contribution >= 4 is 5.69 Å². The van der Waals surface area contributed by atoms with E-state index in [1.807, 2.05) is 6.92 Å². The maximum absolute atomic E-state index is 12.2. The summed E-state index contributed by atoms with van der Waals surface area (Å²) in [6, 6.07) is 5.78. The van der Waals surface area contributed by atoms with Crippen LogP contribution in [0.15, 0.2) is 36.7 Å².